The number of imidazole rings is 2. The van der Waals surface area contributed by atoms with Crippen LogP contribution in [0.5, 0.6) is 0 Å². The first-order valence-electron chi connectivity index (χ1n) is 11.1. The molecule has 0 fully saturated rings. The highest BCUT2D eigenvalue weighted by Gasteiger charge is 2.18. The molecule has 0 amide bonds. The lowest BCUT2D eigenvalue weighted by Gasteiger charge is -2.05. The summed E-state index contributed by atoms with van der Waals surface area (Å²) in [7, 11) is 7.89. The van der Waals surface area contributed by atoms with Crippen LogP contribution in [-0.4, -0.2) is 60.6 Å². The molecule has 4 aromatic rings. The molecule has 34 heavy (non-hydrogen) atoms. The van der Waals surface area contributed by atoms with Gasteiger partial charge in [0, 0.05) is 62.9 Å². The molecular weight excluding hydrogens is 424 g/mol. The molecule has 8 heteroatoms. The number of nitrogens with one attached hydrogen (secondary N) is 2. The molecule has 2 aliphatic heterocycles. The maximum Gasteiger partial charge on any atom is 0.203 e. The van der Waals surface area contributed by atoms with E-state index in [1.54, 1.807) is 0 Å². The number of aromatic amines is 2. The van der Waals surface area contributed by atoms with E-state index in [-0.39, 0.29) is 0 Å². The molecule has 6 rings (SSSR count). The van der Waals surface area contributed by atoms with Crippen LogP contribution >= 0.6 is 0 Å². The Bertz CT molecular complexity index is 1590. The minimum absolute atomic E-state index is 0.757. The molecule has 2 N–H and O–H groups in total. The van der Waals surface area contributed by atoms with Gasteiger partial charge in [0.25, 0.3) is 0 Å². The summed E-state index contributed by atoms with van der Waals surface area (Å²) < 4.78 is 0. The highest BCUT2D eigenvalue weighted by Crippen LogP contribution is 2.30. The van der Waals surface area contributed by atoms with Gasteiger partial charge in [-0.15, -0.1) is 0 Å². The summed E-state index contributed by atoms with van der Waals surface area (Å²) in [5.41, 5.74) is 5.98. The molecular formula is C26H24N8. The normalized spacial score (nSPS) is 17.8. The molecule has 0 radical (unpaired) electrons. The predicted octanol–water partition coefficient (Wildman–Crippen LogP) is 2.38. The van der Waals surface area contributed by atoms with E-state index < -0.39 is 0 Å². The minimum Gasteiger partial charge on any atom is -0.349 e. The van der Waals surface area contributed by atoms with Crippen molar-refractivity contribution in [3.05, 3.63) is 81.1 Å². The number of hydrogen-bond acceptors (Lipinski definition) is 6. The fourth-order valence-electron chi connectivity index (χ4n) is 4.31. The highest BCUT2D eigenvalue weighted by atomic mass is 15.2. The smallest absolute Gasteiger partial charge is 0.203 e. The monoisotopic (exact) mass is 448 g/mol. The summed E-state index contributed by atoms with van der Waals surface area (Å²) in [5.74, 6) is 1.51. The second kappa shape index (κ2) is 7.55. The molecule has 0 saturated carbocycles. The predicted molar refractivity (Wildman–Crippen MR) is 137 cm³/mol. The summed E-state index contributed by atoms with van der Waals surface area (Å²) in [6.45, 7) is 0. The van der Waals surface area contributed by atoms with E-state index in [4.69, 9.17) is 9.97 Å². The Kier molecular flexibility index (Phi) is 4.48. The molecule has 8 nitrogen and oxygen atoms in total. The summed E-state index contributed by atoms with van der Waals surface area (Å²) in [6, 6.07) is 16.3. The SMILES string of the molecule is CN(C)c1nc(=C2/C=Nc3ccccc32)/c(=c2\[nH]c(N(C)C)n\c2=C2\C=Nc3ccccc32)[nH]1. The fourth-order valence-corrected chi connectivity index (χ4v) is 4.31. The van der Waals surface area contributed by atoms with Gasteiger partial charge >= 0.3 is 0 Å². The third-order valence-corrected chi connectivity index (χ3v) is 6.04. The zero-order valence-corrected chi connectivity index (χ0v) is 19.5. The van der Waals surface area contributed by atoms with Crippen molar-refractivity contribution in [1.29, 1.82) is 0 Å². The van der Waals surface area contributed by atoms with Gasteiger partial charge in [-0.05, 0) is 12.1 Å². The zero-order valence-electron chi connectivity index (χ0n) is 19.5. The van der Waals surface area contributed by atoms with Gasteiger partial charge in [-0.2, -0.15) is 0 Å². The van der Waals surface area contributed by atoms with Crippen LogP contribution in [0.3, 0.4) is 0 Å². The van der Waals surface area contributed by atoms with Crippen LogP contribution < -0.4 is 20.5 Å². The Morgan fingerprint density at radius 3 is 1.41 bits per heavy atom. The number of para-hydroxylation sites is 2. The number of nitrogens with zero attached hydrogens (tertiary/aromatic N) is 6. The van der Waals surface area contributed by atoms with Crippen molar-refractivity contribution < 1.29 is 0 Å². The largest absolute Gasteiger partial charge is 0.349 e. The molecule has 0 aliphatic carbocycles. The number of benzene rings is 2. The van der Waals surface area contributed by atoms with Gasteiger partial charge in [0.2, 0.25) is 11.9 Å². The number of anilines is 2. The summed E-state index contributed by atoms with van der Waals surface area (Å²) in [4.78, 5) is 30.2. The van der Waals surface area contributed by atoms with Crippen LogP contribution in [0.4, 0.5) is 23.3 Å². The maximum absolute atomic E-state index is 4.97. The second-order valence-electron chi connectivity index (χ2n) is 8.73. The average Bonchev–Trinajstić information content (AvgIpc) is 3.61. The lowest BCUT2D eigenvalue weighted by molar-refractivity contribution is 1.02. The van der Waals surface area contributed by atoms with Crippen molar-refractivity contribution >= 4 is 46.8 Å². The highest BCUT2D eigenvalue weighted by molar-refractivity contribution is 6.16. The lowest BCUT2D eigenvalue weighted by Crippen LogP contribution is -2.17. The van der Waals surface area contributed by atoms with Crippen molar-refractivity contribution in [3.8, 4) is 0 Å². The van der Waals surface area contributed by atoms with Crippen LogP contribution in [0.2, 0.25) is 0 Å². The Morgan fingerprint density at radius 2 is 1.00 bits per heavy atom. The first kappa shape index (κ1) is 20.2. The Labute approximate surface area is 196 Å². The lowest BCUT2D eigenvalue weighted by atomic mass is 10.1. The molecule has 0 saturated heterocycles. The Morgan fingerprint density at radius 1 is 0.588 bits per heavy atom. The van der Waals surface area contributed by atoms with E-state index in [0.717, 1.165) is 66.9 Å². The quantitative estimate of drug-likeness (QED) is 0.493. The van der Waals surface area contributed by atoms with Gasteiger partial charge in [0.05, 0.1) is 22.1 Å². The van der Waals surface area contributed by atoms with Gasteiger partial charge in [-0.3, -0.25) is 9.98 Å². The van der Waals surface area contributed by atoms with Gasteiger partial charge in [-0.1, -0.05) is 36.4 Å². The summed E-state index contributed by atoms with van der Waals surface area (Å²) in [5, 5.41) is 3.39. The number of aliphatic imine (C=N–C) groups is 2. The van der Waals surface area contributed by atoms with Crippen LogP contribution in [0, 0.1) is 10.7 Å². The molecule has 4 heterocycles. The van der Waals surface area contributed by atoms with E-state index in [9.17, 15) is 0 Å². The average molecular weight is 449 g/mol. The first-order chi connectivity index (χ1) is 16.5. The van der Waals surface area contributed by atoms with Gasteiger partial charge in [-0.25, -0.2) is 9.97 Å². The number of aromatic nitrogens is 4. The molecule has 168 valence electrons. The molecule has 2 aromatic carbocycles. The van der Waals surface area contributed by atoms with E-state index in [2.05, 4.69) is 32.1 Å². The third-order valence-electron chi connectivity index (χ3n) is 6.04. The van der Waals surface area contributed by atoms with Crippen molar-refractivity contribution in [2.24, 2.45) is 9.98 Å². The van der Waals surface area contributed by atoms with E-state index in [0.29, 0.717) is 0 Å². The first-order valence-corrected chi connectivity index (χ1v) is 11.1. The molecule has 0 atom stereocenters. The van der Waals surface area contributed by atoms with Crippen molar-refractivity contribution in [1.82, 2.24) is 19.9 Å². The van der Waals surface area contributed by atoms with Crippen molar-refractivity contribution in [2.45, 2.75) is 0 Å². The second-order valence-corrected chi connectivity index (χ2v) is 8.73. The van der Waals surface area contributed by atoms with Crippen LogP contribution in [-0.2, 0) is 0 Å². The zero-order chi connectivity index (χ0) is 23.4. The van der Waals surface area contributed by atoms with Crippen molar-refractivity contribution in [3.63, 3.8) is 0 Å². The van der Waals surface area contributed by atoms with Crippen LogP contribution in [0.15, 0.2) is 58.5 Å². The summed E-state index contributed by atoms with van der Waals surface area (Å²) >= 11 is 0. The third kappa shape index (κ3) is 3.07. The van der Waals surface area contributed by atoms with Gasteiger partial charge in [0.15, 0.2) is 0 Å². The minimum atomic E-state index is 0.757. The topological polar surface area (TPSA) is 88.6 Å². The van der Waals surface area contributed by atoms with Gasteiger partial charge < -0.3 is 19.8 Å². The number of rotatable bonds is 2. The standard InChI is InChI=1S/C26H24N8/c1-33(2)25-29-21(17-13-27-19-11-7-5-9-15(17)19)23(31-25)24-22(30-26(32-24)34(3)4)18-14-28-20-12-8-6-10-16(18)20/h5-14H,1-4H3,(H,29,31)(H,30,32)/b21-17-,22-18-,24-23+. The number of H-pyrrole nitrogens is 2. The van der Waals surface area contributed by atoms with E-state index in [1.807, 2.05) is 86.8 Å². The van der Waals surface area contributed by atoms with E-state index in [1.165, 1.54) is 0 Å². The van der Waals surface area contributed by atoms with Crippen LogP contribution in [0.25, 0.3) is 11.1 Å². The number of hydrogen-bond donors (Lipinski definition) is 2. The molecule has 2 aliphatic rings. The molecule has 0 spiro atoms. The Hall–Kier alpha value is -4.46. The molecule has 2 aromatic heterocycles. The van der Waals surface area contributed by atoms with Crippen LogP contribution in [0.1, 0.15) is 11.1 Å². The van der Waals surface area contributed by atoms with Gasteiger partial charge in [0.1, 0.15) is 10.7 Å². The molecule has 0 unspecified atom stereocenters. The van der Waals surface area contributed by atoms with E-state index >= 15 is 0 Å². The molecule has 0 bridgehead atoms. The maximum atomic E-state index is 4.97. The fraction of sp³-hybridized carbons (Fsp3) is 0.154. The number of fused-ring (bicyclic) bond motifs is 2. The Balaban J connectivity index is 1.83. The van der Waals surface area contributed by atoms with Crippen molar-refractivity contribution in [2.75, 3.05) is 38.0 Å². The summed E-state index contributed by atoms with van der Waals surface area (Å²) in [6.07, 6.45) is 3.79.